The molecule has 0 aliphatic rings. The monoisotopic (exact) mass is 233 g/mol. The van der Waals surface area contributed by atoms with E-state index in [1.807, 2.05) is 23.1 Å². The summed E-state index contributed by atoms with van der Waals surface area (Å²) in [4.78, 5) is 0. The van der Waals surface area contributed by atoms with Crippen molar-refractivity contribution in [2.45, 2.75) is 39.9 Å². The molecular formula is C13H19N3O. The van der Waals surface area contributed by atoms with E-state index in [4.69, 9.17) is 4.42 Å². The standard InChI is InChI=1S/C13H19N3O/c1-4-16-9-11(7-15-16)12-5-6-17-13(12)8-14-10(2)3/h5-7,9-10,14H,4,8H2,1-3H3. The molecule has 4 nitrogen and oxygen atoms in total. The van der Waals surface area contributed by atoms with Crippen LogP contribution in [0.3, 0.4) is 0 Å². The molecule has 17 heavy (non-hydrogen) atoms. The molecule has 0 bridgehead atoms. The normalized spacial score (nSPS) is 11.3. The summed E-state index contributed by atoms with van der Waals surface area (Å²) >= 11 is 0. The second-order valence-electron chi connectivity index (χ2n) is 4.38. The maximum absolute atomic E-state index is 5.51. The van der Waals surface area contributed by atoms with E-state index in [2.05, 4.69) is 31.2 Å². The maximum atomic E-state index is 5.51. The van der Waals surface area contributed by atoms with E-state index in [0.717, 1.165) is 30.0 Å². The summed E-state index contributed by atoms with van der Waals surface area (Å²) in [5.41, 5.74) is 2.24. The highest BCUT2D eigenvalue weighted by atomic mass is 16.3. The van der Waals surface area contributed by atoms with Gasteiger partial charge in [0.25, 0.3) is 0 Å². The first-order valence-electron chi connectivity index (χ1n) is 6.03. The number of aromatic nitrogens is 2. The molecule has 0 saturated carbocycles. The lowest BCUT2D eigenvalue weighted by Gasteiger charge is -2.06. The average molecular weight is 233 g/mol. The van der Waals surface area contributed by atoms with Crippen LogP contribution in [0, 0.1) is 0 Å². The van der Waals surface area contributed by atoms with Gasteiger partial charge in [-0.05, 0) is 13.0 Å². The number of furan rings is 1. The smallest absolute Gasteiger partial charge is 0.125 e. The summed E-state index contributed by atoms with van der Waals surface area (Å²) in [7, 11) is 0. The first kappa shape index (κ1) is 11.9. The first-order valence-corrected chi connectivity index (χ1v) is 6.03. The fourth-order valence-electron chi connectivity index (χ4n) is 1.71. The van der Waals surface area contributed by atoms with Gasteiger partial charge < -0.3 is 9.73 Å². The molecule has 4 heteroatoms. The van der Waals surface area contributed by atoms with Gasteiger partial charge in [-0.15, -0.1) is 0 Å². The number of hydrogen-bond acceptors (Lipinski definition) is 3. The first-order chi connectivity index (χ1) is 8.20. The Kier molecular flexibility index (Phi) is 3.64. The van der Waals surface area contributed by atoms with Gasteiger partial charge in [-0.1, -0.05) is 13.8 Å². The van der Waals surface area contributed by atoms with Crippen LogP contribution in [0.25, 0.3) is 11.1 Å². The average Bonchev–Trinajstić information content (AvgIpc) is 2.94. The van der Waals surface area contributed by atoms with Gasteiger partial charge in [0.15, 0.2) is 0 Å². The van der Waals surface area contributed by atoms with E-state index < -0.39 is 0 Å². The molecule has 1 N–H and O–H groups in total. The molecule has 2 aromatic rings. The lowest BCUT2D eigenvalue weighted by atomic mass is 10.1. The summed E-state index contributed by atoms with van der Waals surface area (Å²) in [6.45, 7) is 7.96. The molecule has 0 amide bonds. The van der Waals surface area contributed by atoms with E-state index in [1.165, 1.54) is 0 Å². The van der Waals surface area contributed by atoms with Gasteiger partial charge in [-0.3, -0.25) is 4.68 Å². The Morgan fingerprint density at radius 1 is 1.47 bits per heavy atom. The Labute approximate surface area is 102 Å². The largest absolute Gasteiger partial charge is 0.467 e. The van der Waals surface area contributed by atoms with Crippen molar-refractivity contribution < 1.29 is 4.42 Å². The number of nitrogens with zero attached hydrogens (tertiary/aromatic N) is 2. The van der Waals surface area contributed by atoms with Crippen LogP contribution in [0.2, 0.25) is 0 Å². The van der Waals surface area contributed by atoms with Gasteiger partial charge in [0.2, 0.25) is 0 Å². The minimum atomic E-state index is 0.450. The Morgan fingerprint density at radius 3 is 2.94 bits per heavy atom. The van der Waals surface area contributed by atoms with Crippen molar-refractivity contribution in [1.29, 1.82) is 0 Å². The summed E-state index contributed by atoms with van der Waals surface area (Å²) in [5.74, 6) is 0.967. The third-order valence-electron chi connectivity index (χ3n) is 2.68. The van der Waals surface area contributed by atoms with Gasteiger partial charge in [0.05, 0.1) is 19.0 Å². The highest BCUT2D eigenvalue weighted by molar-refractivity contribution is 5.63. The van der Waals surface area contributed by atoms with Crippen LogP contribution in [0.15, 0.2) is 29.1 Å². The van der Waals surface area contributed by atoms with Crippen LogP contribution in [0.5, 0.6) is 0 Å². The molecule has 0 aliphatic carbocycles. The molecule has 0 saturated heterocycles. The molecule has 0 radical (unpaired) electrons. The molecular weight excluding hydrogens is 214 g/mol. The Hall–Kier alpha value is -1.55. The number of rotatable bonds is 5. The topological polar surface area (TPSA) is 43.0 Å². The van der Waals surface area contributed by atoms with Crippen LogP contribution in [-0.2, 0) is 13.1 Å². The van der Waals surface area contributed by atoms with Crippen molar-refractivity contribution in [2.24, 2.45) is 0 Å². The molecule has 2 aromatic heterocycles. The minimum absolute atomic E-state index is 0.450. The zero-order chi connectivity index (χ0) is 12.3. The van der Waals surface area contributed by atoms with Crippen LogP contribution in [-0.4, -0.2) is 15.8 Å². The molecule has 0 fully saturated rings. The fourth-order valence-corrected chi connectivity index (χ4v) is 1.71. The second-order valence-corrected chi connectivity index (χ2v) is 4.38. The van der Waals surface area contributed by atoms with Crippen molar-refractivity contribution in [2.75, 3.05) is 0 Å². The molecule has 0 atom stereocenters. The molecule has 2 heterocycles. The minimum Gasteiger partial charge on any atom is -0.467 e. The van der Waals surface area contributed by atoms with E-state index >= 15 is 0 Å². The van der Waals surface area contributed by atoms with Crippen LogP contribution in [0.1, 0.15) is 26.5 Å². The van der Waals surface area contributed by atoms with E-state index in [9.17, 15) is 0 Å². The van der Waals surface area contributed by atoms with Gasteiger partial charge in [-0.2, -0.15) is 5.10 Å². The fraction of sp³-hybridized carbons (Fsp3) is 0.462. The Morgan fingerprint density at radius 2 is 2.29 bits per heavy atom. The van der Waals surface area contributed by atoms with Crippen molar-refractivity contribution in [3.63, 3.8) is 0 Å². The zero-order valence-corrected chi connectivity index (χ0v) is 10.6. The Balaban J connectivity index is 2.18. The molecule has 0 unspecified atom stereocenters. The van der Waals surface area contributed by atoms with Gasteiger partial charge in [0, 0.05) is 29.9 Å². The number of aryl methyl sites for hydroxylation is 1. The molecule has 0 aromatic carbocycles. The lowest BCUT2D eigenvalue weighted by molar-refractivity contribution is 0.466. The quantitative estimate of drug-likeness (QED) is 0.863. The van der Waals surface area contributed by atoms with Crippen LogP contribution < -0.4 is 5.32 Å². The highest BCUT2D eigenvalue weighted by Crippen LogP contribution is 2.24. The molecule has 92 valence electrons. The SMILES string of the molecule is CCn1cc(-c2ccoc2CNC(C)C)cn1. The van der Waals surface area contributed by atoms with Crippen molar-refractivity contribution in [3.8, 4) is 11.1 Å². The Bertz CT molecular complexity index is 470. The van der Waals surface area contributed by atoms with Crippen molar-refractivity contribution >= 4 is 0 Å². The van der Waals surface area contributed by atoms with Gasteiger partial charge in [-0.25, -0.2) is 0 Å². The molecule has 0 aliphatic heterocycles. The van der Waals surface area contributed by atoms with Crippen LogP contribution >= 0.6 is 0 Å². The van der Waals surface area contributed by atoms with Crippen molar-refractivity contribution in [1.82, 2.24) is 15.1 Å². The molecule has 2 rings (SSSR count). The number of hydrogen-bond donors (Lipinski definition) is 1. The van der Waals surface area contributed by atoms with Gasteiger partial charge in [0.1, 0.15) is 5.76 Å². The van der Waals surface area contributed by atoms with E-state index in [0.29, 0.717) is 6.04 Å². The lowest BCUT2D eigenvalue weighted by Crippen LogP contribution is -2.21. The number of nitrogens with one attached hydrogen (secondary N) is 1. The predicted octanol–water partition coefficient (Wildman–Crippen LogP) is 2.66. The highest BCUT2D eigenvalue weighted by Gasteiger charge is 2.10. The summed E-state index contributed by atoms with van der Waals surface area (Å²) < 4.78 is 7.43. The molecule has 0 spiro atoms. The summed E-state index contributed by atoms with van der Waals surface area (Å²) in [6, 6.07) is 2.44. The zero-order valence-electron chi connectivity index (χ0n) is 10.6. The maximum Gasteiger partial charge on any atom is 0.125 e. The van der Waals surface area contributed by atoms with E-state index in [-0.39, 0.29) is 0 Å². The third kappa shape index (κ3) is 2.77. The predicted molar refractivity (Wildman–Crippen MR) is 67.6 cm³/mol. The van der Waals surface area contributed by atoms with Crippen LogP contribution in [0.4, 0.5) is 0 Å². The van der Waals surface area contributed by atoms with Gasteiger partial charge >= 0.3 is 0 Å². The van der Waals surface area contributed by atoms with E-state index in [1.54, 1.807) is 6.26 Å². The third-order valence-corrected chi connectivity index (χ3v) is 2.68. The summed E-state index contributed by atoms with van der Waals surface area (Å²) in [6.07, 6.45) is 5.66. The second kappa shape index (κ2) is 5.19. The summed E-state index contributed by atoms with van der Waals surface area (Å²) in [5, 5.41) is 7.64. The van der Waals surface area contributed by atoms with Crippen molar-refractivity contribution in [3.05, 3.63) is 30.5 Å².